The zero-order chi connectivity index (χ0) is 24.8. The van der Waals surface area contributed by atoms with Crippen LogP contribution in [-0.4, -0.2) is 45.2 Å². The second-order valence-electron chi connectivity index (χ2n) is 12.2. The molecule has 0 radical (unpaired) electrons. The van der Waals surface area contributed by atoms with Crippen molar-refractivity contribution in [3.8, 4) is 0 Å². The molecule has 0 amide bonds. The second kappa shape index (κ2) is 9.59. The van der Waals surface area contributed by atoms with Crippen molar-refractivity contribution in [2.24, 2.45) is 40.9 Å². The predicted octanol–water partition coefficient (Wildman–Crippen LogP) is 5.17. The maximum atomic E-state index is 13.6. The van der Waals surface area contributed by atoms with Gasteiger partial charge in [-0.1, -0.05) is 19.6 Å². The molecule has 1 aromatic heterocycles. The number of fused-ring (bicyclic) bond motifs is 5. The lowest BCUT2D eigenvalue weighted by molar-refractivity contribution is -0.137. The second-order valence-corrected chi connectivity index (χ2v) is 12.2. The molecular formula is C29H43N3O3. The van der Waals surface area contributed by atoms with Crippen molar-refractivity contribution < 1.29 is 14.6 Å². The van der Waals surface area contributed by atoms with E-state index in [0.29, 0.717) is 24.2 Å². The number of ketones is 1. The molecule has 0 aliphatic heterocycles. The van der Waals surface area contributed by atoms with Gasteiger partial charge >= 0.3 is 0 Å². The SMILES string of the molecule is C=Cc1nn(CC(=O)[C@H]2CC[C@H]3[C@@H]4CC[C@@H]5C[C@@](O)(COC)CC[C@@H]5[C@H]4CC[C@]23C)nc1/C=C\C. The minimum atomic E-state index is -0.629. The van der Waals surface area contributed by atoms with E-state index in [-0.39, 0.29) is 17.9 Å². The van der Waals surface area contributed by atoms with E-state index in [1.165, 1.54) is 25.7 Å². The molecule has 0 aromatic carbocycles. The predicted molar refractivity (Wildman–Crippen MR) is 137 cm³/mol. The Morgan fingerprint density at radius 3 is 2.63 bits per heavy atom. The van der Waals surface area contributed by atoms with Crippen LogP contribution in [0.5, 0.6) is 0 Å². The lowest BCUT2D eigenvalue weighted by Crippen LogP contribution is -2.52. The highest BCUT2D eigenvalue weighted by Gasteiger charge is 2.59. The van der Waals surface area contributed by atoms with Crippen molar-refractivity contribution in [3.05, 3.63) is 24.0 Å². The van der Waals surface area contributed by atoms with E-state index in [4.69, 9.17) is 4.74 Å². The Labute approximate surface area is 210 Å². The summed E-state index contributed by atoms with van der Waals surface area (Å²) in [6, 6.07) is 0. The number of nitrogens with zero attached hydrogens (tertiary/aromatic N) is 3. The molecule has 4 fully saturated rings. The van der Waals surface area contributed by atoms with E-state index < -0.39 is 5.60 Å². The maximum absolute atomic E-state index is 13.6. The quantitative estimate of drug-likeness (QED) is 0.581. The molecule has 0 spiro atoms. The van der Waals surface area contributed by atoms with Crippen molar-refractivity contribution in [3.63, 3.8) is 0 Å². The van der Waals surface area contributed by atoms with Crippen LogP contribution in [0.4, 0.5) is 0 Å². The number of rotatable bonds is 7. The number of Topliss-reactive ketones (excluding diaryl/α,β-unsaturated/α-hetero) is 1. The van der Waals surface area contributed by atoms with Crippen molar-refractivity contribution in [1.29, 1.82) is 0 Å². The average molecular weight is 482 g/mol. The molecule has 1 N–H and O–H groups in total. The van der Waals surface area contributed by atoms with E-state index >= 15 is 0 Å². The fraction of sp³-hybridized carbons (Fsp3) is 0.759. The highest BCUT2D eigenvalue weighted by Crippen LogP contribution is 2.64. The van der Waals surface area contributed by atoms with E-state index in [9.17, 15) is 9.90 Å². The number of carbonyl (C=O) groups is 1. The van der Waals surface area contributed by atoms with Crippen LogP contribution in [0.2, 0.25) is 0 Å². The molecule has 5 rings (SSSR count). The van der Waals surface area contributed by atoms with Crippen LogP contribution >= 0.6 is 0 Å². The lowest BCUT2D eigenvalue weighted by atomic mass is 9.49. The lowest BCUT2D eigenvalue weighted by Gasteiger charge is -2.57. The highest BCUT2D eigenvalue weighted by atomic mass is 16.5. The number of aromatic nitrogens is 3. The van der Waals surface area contributed by atoms with Gasteiger partial charge < -0.3 is 9.84 Å². The van der Waals surface area contributed by atoms with Crippen LogP contribution in [0.25, 0.3) is 12.2 Å². The maximum Gasteiger partial charge on any atom is 0.159 e. The molecular weight excluding hydrogens is 438 g/mol. The summed E-state index contributed by atoms with van der Waals surface area (Å²) in [7, 11) is 1.70. The van der Waals surface area contributed by atoms with Crippen molar-refractivity contribution >= 4 is 17.9 Å². The van der Waals surface area contributed by atoms with E-state index in [1.807, 2.05) is 19.1 Å². The third kappa shape index (κ3) is 4.35. The fourth-order valence-electron chi connectivity index (χ4n) is 9.01. The van der Waals surface area contributed by atoms with Gasteiger partial charge in [0.1, 0.15) is 17.9 Å². The minimum Gasteiger partial charge on any atom is -0.387 e. The van der Waals surface area contributed by atoms with Crippen molar-refractivity contribution in [1.82, 2.24) is 15.0 Å². The van der Waals surface area contributed by atoms with Gasteiger partial charge in [-0.05, 0) is 112 Å². The molecule has 0 bridgehead atoms. The molecule has 4 aliphatic rings. The molecule has 4 saturated carbocycles. The van der Waals surface area contributed by atoms with Crippen LogP contribution in [0, 0.1) is 40.9 Å². The van der Waals surface area contributed by atoms with Gasteiger partial charge in [-0.3, -0.25) is 4.79 Å². The fourth-order valence-corrected chi connectivity index (χ4v) is 9.01. The minimum absolute atomic E-state index is 0.0944. The molecule has 35 heavy (non-hydrogen) atoms. The molecule has 0 saturated heterocycles. The number of methoxy groups -OCH3 is 1. The normalized spacial score (nSPS) is 40.8. The topological polar surface area (TPSA) is 77.2 Å². The van der Waals surface area contributed by atoms with Gasteiger partial charge in [-0.2, -0.15) is 15.0 Å². The summed E-state index contributed by atoms with van der Waals surface area (Å²) in [5, 5.41) is 20.0. The molecule has 1 heterocycles. The Balaban J connectivity index is 1.28. The number of ether oxygens (including phenoxy) is 1. The molecule has 6 heteroatoms. The molecule has 6 nitrogen and oxygen atoms in total. The van der Waals surface area contributed by atoms with E-state index in [1.54, 1.807) is 18.0 Å². The van der Waals surface area contributed by atoms with Crippen molar-refractivity contribution in [2.75, 3.05) is 13.7 Å². The van der Waals surface area contributed by atoms with Gasteiger partial charge in [0, 0.05) is 13.0 Å². The summed E-state index contributed by atoms with van der Waals surface area (Å²) in [4.78, 5) is 15.2. The Morgan fingerprint density at radius 2 is 1.89 bits per heavy atom. The van der Waals surface area contributed by atoms with Gasteiger partial charge in [-0.25, -0.2) is 0 Å². The first-order valence-corrected chi connectivity index (χ1v) is 13.8. The van der Waals surface area contributed by atoms with Crippen LogP contribution < -0.4 is 0 Å². The zero-order valence-corrected chi connectivity index (χ0v) is 21.8. The highest BCUT2D eigenvalue weighted by molar-refractivity contribution is 5.82. The van der Waals surface area contributed by atoms with Crippen LogP contribution in [0.15, 0.2) is 12.7 Å². The number of aliphatic hydroxyl groups is 1. The van der Waals surface area contributed by atoms with Crippen LogP contribution in [-0.2, 0) is 16.1 Å². The largest absolute Gasteiger partial charge is 0.387 e. The van der Waals surface area contributed by atoms with Gasteiger partial charge in [0.2, 0.25) is 0 Å². The third-order valence-corrected chi connectivity index (χ3v) is 10.4. The molecule has 1 aromatic rings. The van der Waals surface area contributed by atoms with Gasteiger partial charge in [0.05, 0.1) is 12.2 Å². The smallest absolute Gasteiger partial charge is 0.159 e. The molecule has 0 unspecified atom stereocenters. The summed E-state index contributed by atoms with van der Waals surface area (Å²) >= 11 is 0. The first kappa shape index (κ1) is 24.9. The van der Waals surface area contributed by atoms with Crippen LogP contribution in [0.1, 0.15) is 83.0 Å². The monoisotopic (exact) mass is 481 g/mol. The zero-order valence-electron chi connectivity index (χ0n) is 21.8. The van der Waals surface area contributed by atoms with Crippen LogP contribution in [0.3, 0.4) is 0 Å². The number of allylic oxidation sites excluding steroid dienone is 1. The van der Waals surface area contributed by atoms with E-state index in [2.05, 4.69) is 23.7 Å². The first-order valence-electron chi connectivity index (χ1n) is 13.8. The number of hydrogen-bond donors (Lipinski definition) is 1. The standard InChI is InChI=1S/C29H43N3O3/c1-5-7-26-25(6-2)30-32(31-26)17-27(33)24-11-10-23-22-9-8-19-16-29(34,18-35-4)15-13-20(19)21(22)12-14-28(23,24)3/h5-7,19-24,34H,2,8-18H2,1,3-4H3/b7-5-/t19-,20+,21-,22-,23+,24-,28+,29-/m1/s1. The molecule has 8 atom stereocenters. The number of hydrogen-bond acceptors (Lipinski definition) is 5. The number of carbonyl (C=O) groups excluding carboxylic acids is 1. The Bertz CT molecular complexity index is 986. The Kier molecular flexibility index (Phi) is 6.82. The summed E-state index contributed by atoms with van der Waals surface area (Å²) in [6.07, 6.45) is 15.5. The summed E-state index contributed by atoms with van der Waals surface area (Å²) in [6.45, 7) is 8.91. The first-order chi connectivity index (χ1) is 16.8. The third-order valence-electron chi connectivity index (χ3n) is 10.4. The Morgan fingerprint density at radius 1 is 1.11 bits per heavy atom. The summed E-state index contributed by atoms with van der Waals surface area (Å²) < 4.78 is 5.34. The molecule has 192 valence electrons. The van der Waals surface area contributed by atoms with E-state index in [0.717, 1.165) is 61.2 Å². The van der Waals surface area contributed by atoms with Gasteiger partial charge in [-0.15, -0.1) is 0 Å². The summed E-state index contributed by atoms with van der Waals surface area (Å²) in [5.41, 5.74) is 0.966. The van der Waals surface area contributed by atoms with Gasteiger partial charge in [0.15, 0.2) is 5.78 Å². The van der Waals surface area contributed by atoms with Crippen molar-refractivity contribution in [2.45, 2.75) is 83.8 Å². The summed E-state index contributed by atoms with van der Waals surface area (Å²) in [5.74, 6) is 3.90. The molecule has 4 aliphatic carbocycles. The average Bonchev–Trinajstić information content (AvgIpc) is 3.38. The van der Waals surface area contributed by atoms with Gasteiger partial charge in [0.25, 0.3) is 0 Å². The Hall–Kier alpha value is -1.79.